The Labute approximate surface area is 106 Å². The van der Waals surface area contributed by atoms with E-state index in [4.69, 9.17) is 0 Å². The van der Waals surface area contributed by atoms with Crippen molar-refractivity contribution in [2.45, 2.75) is 13.8 Å². The average Bonchev–Trinajstić information content (AvgIpc) is 2.35. The number of hydrogen-bond donors (Lipinski definition) is 0. The second-order valence-corrected chi connectivity index (χ2v) is 4.23. The van der Waals surface area contributed by atoms with Gasteiger partial charge in [-0.25, -0.2) is 9.36 Å². The number of carbonyl (C=O) groups is 1. The molecule has 0 unspecified atom stereocenters. The van der Waals surface area contributed by atoms with Gasteiger partial charge in [0, 0.05) is 17.2 Å². The van der Waals surface area contributed by atoms with Crippen LogP contribution in [-0.4, -0.2) is 11.7 Å². The van der Waals surface area contributed by atoms with Crippen molar-refractivity contribution in [3.63, 3.8) is 0 Å². The second kappa shape index (κ2) is 4.55. The summed E-state index contributed by atoms with van der Waals surface area (Å²) >= 11 is 0. The van der Waals surface area contributed by atoms with Crippen LogP contribution < -0.4 is 4.57 Å². The van der Waals surface area contributed by atoms with Crippen LogP contribution in [0.15, 0.2) is 36.1 Å². The predicted octanol–water partition coefficient (Wildman–Crippen LogP) is 1.66. The molecule has 0 atom stereocenters. The molecule has 0 N–H and O–H groups in total. The third kappa shape index (κ3) is 1.66. The normalized spacial score (nSPS) is 15.1. The van der Waals surface area contributed by atoms with E-state index in [0.29, 0.717) is 11.1 Å². The molecule has 0 aromatic carbocycles. The molecule has 2 rings (SSSR count). The van der Waals surface area contributed by atoms with Crippen LogP contribution in [0.4, 0.5) is 0 Å². The van der Waals surface area contributed by atoms with Gasteiger partial charge in [0.2, 0.25) is 11.5 Å². The highest BCUT2D eigenvalue weighted by molar-refractivity contribution is 6.39. The zero-order chi connectivity index (χ0) is 13.3. The van der Waals surface area contributed by atoms with Crippen LogP contribution in [0.5, 0.6) is 0 Å². The van der Waals surface area contributed by atoms with E-state index in [0.717, 1.165) is 11.3 Å². The van der Waals surface area contributed by atoms with E-state index in [9.17, 15) is 9.59 Å². The van der Waals surface area contributed by atoms with Gasteiger partial charge in [-0.2, -0.15) is 0 Å². The minimum absolute atomic E-state index is 0.111. The minimum atomic E-state index is -0.251. The second-order valence-electron chi connectivity index (χ2n) is 4.23. The largest absolute Gasteiger partial charge is 0.288 e. The molecule has 1 aromatic rings. The maximum Gasteiger partial charge on any atom is 0.217 e. The van der Waals surface area contributed by atoms with Crippen molar-refractivity contribution in [1.29, 1.82) is 0 Å². The summed E-state index contributed by atoms with van der Waals surface area (Å²) in [6.45, 7) is 3.74. The van der Waals surface area contributed by atoms with E-state index in [1.165, 1.54) is 0 Å². The van der Waals surface area contributed by atoms with Crippen LogP contribution in [0.2, 0.25) is 0 Å². The number of fused-ring (bicyclic) bond motifs is 1. The molecular weight excluding hydrogens is 226 g/mol. The van der Waals surface area contributed by atoms with Crippen molar-refractivity contribution < 1.29 is 14.2 Å². The number of Topliss-reactive ketones (excluding diaryl/α,β-unsaturated/α-hetero) is 1. The molecule has 0 amide bonds. The molecule has 0 bridgehead atoms. The van der Waals surface area contributed by atoms with Gasteiger partial charge < -0.3 is 0 Å². The first-order valence-corrected chi connectivity index (χ1v) is 5.74. The first-order valence-electron chi connectivity index (χ1n) is 5.74. The predicted molar refractivity (Wildman–Crippen MR) is 69.1 cm³/mol. The fourth-order valence-electron chi connectivity index (χ4n) is 2.30. The zero-order valence-electron chi connectivity index (χ0n) is 10.7. The molecular formula is C15H14NO2+. The Morgan fingerprint density at radius 3 is 2.72 bits per heavy atom. The van der Waals surface area contributed by atoms with Gasteiger partial charge in [-0.1, -0.05) is 12.2 Å². The molecule has 0 fully saturated rings. The highest BCUT2D eigenvalue weighted by atomic mass is 16.1. The summed E-state index contributed by atoms with van der Waals surface area (Å²) in [7, 11) is 1.90. The number of pyridine rings is 1. The van der Waals surface area contributed by atoms with E-state index < -0.39 is 0 Å². The molecule has 0 spiro atoms. The van der Waals surface area contributed by atoms with Crippen LogP contribution >= 0.6 is 0 Å². The fraction of sp³-hybridized carbons (Fsp3) is 0.200. The summed E-state index contributed by atoms with van der Waals surface area (Å²) < 4.78 is 1.91. The van der Waals surface area contributed by atoms with Crippen molar-refractivity contribution in [3.05, 3.63) is 47.3 Å². The Balaban J connectivity index is 2.89. The van der Waals surface area contributed by atoms with Gasteiger partial charge in [-0.05, 0) is 19.9 Å². The molecule has 3 heteroatoms. The van der Waals surface area contributed by atoms with Gasteiger partial charge >= 0.3 is 0 Å². The highest BCUT2D eigenvalue weighted by Gasteiger charge is 2.32. The summed E-state index contributed by atoms with van der Waals surface area (Å²) in [5.74, 6) is 1.53. The lowest BCUT2D eigenvalue weighted by Gasteiger charge is -2.16. The Bertz CT molecular complexity index is 644. The quantitative estimate of drug-likeness (QED) is 0.425. The van der Waals surface area contributed by atoms with Crippen LogP contribution in [0, 0.1) is 0 Å². The molecule has 1 aromatic heterocycles. The van der Waals surface area contributed by atoms with Crippen LogP contribution in [-0.2, 0) is 16.6 Å². The number of hydrogen-bond acceptors (Lipinski definition) is 2. The lowest BCUT2D eigenvalue weighted by Crippen LogP contribution is -2.36. The number of rotatable bonds is 1. The van der Waals surface area contributed by atoms with Gasteiger partial charge in [0.15, 0.2) is 6.20 Å². The number of aromatic nitrogens is 1. The monoisotopic (exact) mass is 240 g/mol. The third-order valence-electron chi connectivity index (χ3n) is 3.12. The first kappa shape index (κ1) is 12.2. The number of ketones is 1. The van der Waals surface area contributed by atoms with E-state index >= 15 is 0 Å². The average molecular weight is 240 g/mol. The number of allylic oxidation sites excluding steroid dienone is 5. The van der Waals surface area contributed by atoms with Crippen LogP contribution in [0.3, 0.4) is 0 Å². The van der Waals surface area contributed by atoms with Crippen molar-refractivity contribution in [2.75, 3.05) is 0 Å². The Kier molecular flexibility index (Phi) is 3.09. The van der Waals surface area contributed by atoms with Crippen LogP contribution in [0.25, 0.3) is 11.1 Å². The Morgan fingerprint density at radius 2 is 2.11 bits per heavy atom. The molecule has 0 aliphatic heterocycles. The van der Waals surface area contributed by atoms with Gasteiger partial charge in [-0.3, -0.25) is 4.79 Å². The van der Waals surface area contributed by atoms with Crippen LogP contribution in [0.1, 0.15) is 25.1 Å². The standard InChI is InChI=1S/C15H14NO2/c1-4-6-11-10(2)14-12(7-5-8-16(14)3)13(9-17)15(11)18/h4-8H,1-3H3/q+1/b6-4-. The molecule has 3 nitrogen and oxygen atoms in total. The van der Waals surface area contributed by atoms with Crippen molar-refractivity contribution in [1.82, 2.24) is 0 Å². The Morgan fingerprint density at radius 1 is 1.39 bits per heavy atom. The molecule has 1 heterocycles. The third-order valence-corrected chi connectivity index (χ3v) is 3.12. The molecule has 0 saturated heterocycles. The van der Waals surface area contributed by atoms with E-state index in [1.807, 2.05) is 37.7 Å². The molecule has 18 heavy (non-hydrogen) atoms. The summed E-state index contributed by atoms with van der Waals surface area (Å²) in [5, 5.41) is 0. The summed E-state index contributed by atoms with van der Waals surface area (Å²) in [6.07, 6.45) is 5.44. The summed E-state index contributed by atoms with van der Waals surface area (Å²) in [5.41, 5.74) is 3.11. The molecule has 90 valence electrons. The molecule has 0 radical (unpaired) electrons. The maximum atomic E-state index is 12.2. The lowest BCUT2D eigenvalue weighted by atomic mass is 9.85. The summed E-state index contributed by atoms with van der Waals surface area (Å²) in [6, 6.07) is 3.60. The van der Waals surface area contributed by atoms with Crippen molar-refractivity contribution >= 4 is 22.9 Å². The lowest BCUT2D eigenvalue weighted by molar-refractivity contribution is -0.674. The number of nitrogens with zero attached hydrogens (tertiary/aromatic N) is 1. The number of carbonyl (C=O) groups excluding carboxylic acids is 2. The van der Waals surface area contributed by atoms with Crippen molar-refractivity contribution in [2.24, 2.45) is 7.05 Å². The van der Waals surface area contributed by atoms with Gasteiger partial charge in [-0.15, -0.1) is 0 Å². The van der Waals surface area contributed by atoms with Gasteiger partial charge in [0.25, 0.3) is 0 Å². The van der Waals surface area contributed by atoms with E-state index in [2.05, 4.69) is 0 Å². The fourth-order valence-corrected chi connectivity index (χ4v) is 2.30. The minimum Gasteiger partial charge on any atom is -0.288 e. The molecule has 1 aliphatic carbocycles. The maximum absolute atomic E-state index is 12.2. The first-order chi connectivity index (χ1) is 8.61. The highest BCUT2D eigenvalue weighted by Crippen LogP contribution is 2.32. The SMILES string of the molecule is C/C=C\C1=C(C)c2c(ccc[n+]2C)C(=C=O)C1=O. The van der Waals surface area contributed by atoms with Gasteiger partial charge in [0.1, 0.15) is 18.6 Å². The topological polar surface area (TPSA) is 38.0 Å². The van der Waals surface area contributed by atoms with Gasteiger partial charge in [0.05, 0.1) is 5.56 Å². The number of aryl methyl sites for hydroxylation is 1. The smallest absolute Gasteiger partial charge is 0.217 e. The summed E-state index contributed by atoms with van der Waals surface area (Å²) in [4.78, 5) is 23.3. The Hall–Kier alpha value is -2.25. The van der Waals surface area contributed by atoms with E-state index in [-0.39, 0.29) is 11.4 Å². The molecule has 1 aliphatic rings. The zero-order valence-corrected chi connectivity index (χ0v) is 10.7. The van der Waals surface area contributed by atoms with E-state index in [1.54, 1.807) is 24.2 Å². The molecule has 0 saturated carbocycles. The van der Waals surface area contributed by atoms with Crippen molar-refractivity contribution in [3.8, 4) is 0 Å².